The smallest absolute Gasteiger partial charge is 0.410 e. The highest BCUT2D eigenvalue weighted by molar-refractivity contribution is 7.80. The van der Waals surface area contributed by atoms with Crippen LogP contribution in [0.1, 0.15) is 20.3 Å². The predicted molar refractivity (Wildman–Crippen MR) is 98.4 cm³/mol. The Morgan fingerprint density at radius 2 is 1.92 bits per heavy atom. The molecule has 2 aromatic rings. The molecule has 2 rings (SSSR count). The molecule has 0 saturated heterocycles. The number of hydrogen-bond acceptors (Lipinski definition) is 3. The Hall–Kier alpha value is -2.47. The van der Waals surface area contributed by atoms with Crippen LogP contribution < -0.4 is 15.0 Å². The van der Waals surface area contributed by atoms with Gasteiger partial charge < -0.3 is 10.1 Å². The van der Waals surface area contributed by atoms with Gasteiger partial charge in [-0.15, -0.1) is 0 Å². The van der Waals surface area contributed by atoms with Gasteiger partial charge in [-0.25, -0.2) is 9.18 Å². The molecule has 0 aliphatic rings. The summed E-state index contributed by atoms with van der Waals surface area (Å²) in [6.45, 7) is 4.19. The van der Waals surface area contributed by atoms with Crippen LogP contribution in [0.3, 0.4) is 0 Å². The van der Waals surface area contributed by atoms with Crippen molar-refractivity contribution in [1.82, 2.24) is 0 Å². The molecule has 1 amide bonds. The number of thiocarbonyl (C=S) groups is 1. The Balaban J connectivity index is 2.11. The highest BCUT2D eigenvalue weighted by Crippen LogP contribution is 2.21. The number of benzene rings is 2. The van der Waals surface area contributed by atoms with Crippen molar-refractivity contribution in [2.75, 3.05) is 16.8 Å². The Morgan fingerprint density at radius 3 is 2.54 bits per heavy atom. The minimum atomic E-state index is -0.528. The van der Waals surface area contributed by atoms with E-state index in [1.54, 1.807) is 18.2 Å². The van der Waals surface area contributed by atoms with Gasteiger partial charge in [-0.05, 0) is 49.7 Å². The fraction of sp³-hybridized carbons (Fsp3) is 0.222. The Kier molecular flexibility index (Phi) is 6.26. The van der Waals surface area contributed by atoms with Crippen LogP contribution in [0.25, 0.3) is 0 Å². The molecule has 0 aromatic heterocycles. The second kappa shape index (κ2) is 8.40. The third kappa shape index (κ3) is 4.76. The normalized spacial score (nSPS) is 10.1. The van der Waals surface area contributed by atoms with Crippen LogP contribution in [0.15, 0.2) is 48.5 Å². The number of hydrogen-bond donors (Lipinski definition) is 1. The summed E-state index contributed by atoms with van der Waals surface area (Å²) in [5.74, 6) is 0.0540. The highest BCUT2D eigenvalue weighted by Gasteiger charge is 2.16. The quantitative estimate of drug-likeness (QED) is 0.774. The molecule has 6 heteroatoms. The summed E-state index contributed by atoms with van der Waals surface area (Å²) in [7, 11) is 0. The van der Waals surface area contributed by atoms with Crippen molar-refractivity contribution in [3.05, 3.63) is 54.3 Å². The number of rotatable bonds is 5. The lowest BCUT2D eigenvalue weighted by molar-refractivity contribution is 0.208. The van der Waals surface area contributed by atoms with Crippen molar-refractivity contribution in [2.45, 2.75) is 20.3 Å². The molecular weight excluding hydrogens is 327 g/mol. The zero-order valence-electron chi connectivity index (χ0n) is 13.6. The maximum Gasteiger partial charge on any atom is 0.419 e. The topological polar surface area (TPSA) is 41.6 Å². The highest BCUT2D eigenvalue weighted by atomic mass is 32.1. The monoisotopic (exact) mass is 346 g/mol. The molecule has 1 N–H and O–H groups in total. The lowest BCUT2D eigenvalue weighted by atomic mass is 10.3. The Bertz CT molecular complexity index is 719. The lowest BCUT2D eigenvalue weighted by Gasteiger charge is -2.20. The van der Waals surface area contributed by atoms with Crippen molar-refractivity contribution >= 4 is 34.7 Å². The van der Waals surface area contributed by atoms with E-state index in [4.69, 9.17) is 17.0 Å². The van der Waals surface area contributed by atoms with Gasteiger partial charge in [0, 0.05) is 24.0 Å². The van der Waals surface area contributed by atoms with E-state index in [1.807, 2.05) is 19.9 Å². The molecular formula is C18H19FN2O2S. The molecule has 0 spiro atoms. The molecule has 0 saturated carbocycles. The first-order valence-electron chi connectivity index (χ1n) is 7.68. The van der Waals surface area contributed by atoms with Crippen molar-refractivity contribution in [3.63, 3.8) is 0 Å². The molecule has 0 unspecified atom stereocenters. The number of carbonyl (C=O) groups is 1. The summed E-state index contributed by atoms with van der Waals surface area (Å²) in [6.07, 6.45) is 0.201. The van der Waals surface area contributed by atoms with Gasteiger partial charge in [0.25, 0.3) is 0 Å². The van der Waals surface area contributed by atoms with Gasteiger partial charge in [0.05, 0.1) is 4.99 Å². The minimum absolute atomic E-state index is 0.353. The Morgan fingerprint density at radius 1 is 1.21 bits per heavy atom. The lowest BCUT2D eigenvalue weighted by Crippen LogP contribution is -2.33. The standard InChI is InChI=1S/C18H19FN2O2S/c1-3-17(24)20-14-6-5-7-16(12-14)23-18(22)21(4-2)15-10-8-13(19)9-11-15/h5-12H,3-4H2,1-2H3,(H,20,24). The number of ether oxygens (including phenoxy) is 1. The third-order valence-electron chi connectivity index (χ3n) is 3.32. The molecule has 2 aromatic carbocycles. The van der Waals surface area contributed by atoms with E-state index in [0.717, 1.165) is 12.1 Å². The maximum atomic E-state index is 13.0. The van der Waals surface area contributed by atoms with E-state index in [2.05, 4.69) is 5.32 Å². The first kappa shape index (κ1) is 17.9. The van der Waals surface area contributed by atoms with Crippen LogP contribution in [0.5, 0.6) is 5.75 Å². The first-order chi connectivity index (χ1) is 11.5. The molecule has 24 heavy (non-hydrogen) atoms. The summed E-state index contributed by atoms with van der Waals surface area (Å²) in [4.78, 5) is 14.5. The molecule has 0 bridgehead atoms. The number of nitrogens with zero attached hydrogens (tertiary/aromatic N) is 1. The molecule has 0 atom stereocenters. The molecule has 0 aliphatic carbocycles. The van der Waals surface area contributed by atoms with Crippen molar-refractivity contribution in [2.24, 2.45) is 0 Å². The number of nitrogens with one attached hydrogen (secondary N) is 1. The van der Waals surface area contributed by atoms with Crippen molar-refractivity contribution < 1.29 is 13.9 Å². The molecule has 126 valence electrons. The van der Waals surface area contributed by atoms with Crippen molar-refractivity contribution in [1.29, 1.82) is 0 Å². The summed E-state index contributed by atoms with van der Waals surface area (Å²) in [5.41, 5.74) is 1.34. The van der Waals surface area contributed by atoms with Crippen LogP contribution in [0.4, 0.5) is 20.6 Å². The summed E-state index contributed by atoms with van der Waals surface area (Å²) < 4.78 is 18.4. The van der Waals surface area contributed by atoms with Gasteiger partial charge in [-0.1, -0.05) is 25.2 Å². The fourth-order valence-corrected chi connectivity index (χ4v) is 2.20. The van der Waals surface area contributed by atoms with Crippen LogP contribution in [-0.2, 0) is 0 Å². The van der Waals surface area contributed by atoms with E-state index in [1.165, 1.54) is 29.2 Å². The SMILES string of the molecule is CCC(=S)Nc1cccc(OC(=O)N(CC)c2ccc(F)cc2)c1. The van der Waals surface area contributed by atoms with Crippen LogP contribution in [0.2, 0.25) is 0 Å². The predicted octanol–water partition coefficient (Wildman–Crippen LogP) is 5.00. The average Bonchev–Trinajstić information content (AvgIpc) is 2.57. The van der Waals surface area contributed by atoms with Gasteiger partial charge in [0.1, 0.15) is 11.6 Å². The first-order valence-corrected chi connectivity index (χ1v) is 8.09. The zero-order valence-corrected chi connectivity index (χ0v) is 14.4. The van der Waals surface area contributed by atoms with E-state index >= 15 is 0 Å². The zero-order chi connectivity index (χ0) is 17.5. The van der Waals surface area contributed by atoms with E-state index in [0.29, 0.717) is 23.0 Å². The Labute approximate surface area is 146 Å². The second-order valence-electron chi connectivity index (χ2n) is 5.02. The van der Waals surface area contributed by atoms with Gasteiger partial charge >= 0.3 is 6.09 Å². The summed E-state index contributed by atoms with van der Waals surface area (Å²) in [5, 5.41) is 3.07. The molecule has 0 aliphatic heterocycles. The summed E-state index contributed by atoms with van der Waals surface area (Å²) in [6, 6.07) is 12.7. The fourth-order valence-electron chi connectivity index (χ4n) is 2.08. The number of carbonyl (C=O) groups excluding carboxylic acids is 1. The average molecular weight is 346 g/mol. The van der Waals surface area contributed by atoms with Crippen LogP contribution >= 0.6 is 12.2 Å². The second-order valence-corrected chi connectivity index (χ2v) is 5.51. The van der Waals surface area contributed by atoms with Crippen molar-refractivity contribution in [3.8, 4) is 5.75 Å². The maximum absolute atomic E-state index is 13.0. The van der Waals surface area contributed by atoms with Gasteiger partial charge in [-0.3, -0.25) is 4.90 Å². The summed E-state index contributed by atoms with van der Waals surface area (Å²) >= 11 is 5.15. The van der Waals surface area contributed by atoms with Gasteiger partial charge in [0.2, 0.25) is 0 Å². The number of amides is 1. The molecule has 4 nitrogen and oxygen atoms in total. The molecule has 0 fully saturated rings. The van der Waals surface area contributed by atoms with E-state index < -0.39 is 6.09 Å². The number of halogens is 1. The van der Waals surface area contributed by atoms with Crippen LogP contribution in [0, 0.1) is 5.82 Å². The van der Waals surface area contributed by atoms with E-state index in [-0.39, 0.29) is 5.82 Å². The van der Waals surface area contributed by atoms with Gasteiger partial charge in [-0.2, -0.15) is 0 Å². The van der Waals surface area contributed by atoms with Crippen LogP contribution in [-0.4, -0.2) is 17.6 Å². The van der Waals surface area contributed by atoms with Gasteiger partial charge in [0.15, 0.2) is 0 Å². The van der Waals surface area contributed by atoms with E-state index in [9.17, 15) is 9.18 Å². The molecule has 0 radical (unpaired) electrons. The number of anilines is 2. The minimum Gasteiger partial charge on any atom is -0.410 e. The third-order valence-corrected chi connectivity index (χ3v) is 3.71. The largest absolute Gasteiger partial charge is 0.419 e. The molecule has 0 heterocycles.